The smallest absolute Gasteiger partial charge is 0.328 e. The van der Waals surface area contributed by atoms with Crippen LogP contribution in [0.25, 0.3) is 6.08 Å². The molecule has 0 radical (unpaired) electrons. The fourth-order valence-corrected chi connectivity index (χ4v) is 1.97. The van der Waals surface area contributed by atoms with Gasteiger partial charge in [-0.3, -0.25) is 0 Å². The molecule has 0 heterocycles. The molecule has 2 rings (SSSR count). The van der Waals surface area contributed by atoms with Crippen molar-refractivity contribution in [2.75, 3.05) is 0 Å². The minimum atomic E-state index is -1.02. The van der Waals surface area contributed by atoms with Gasteiger partial charge in [0.2, 0.25) is 0 Å². The summed E-state index contributed by atoms with van der Waals surface area (Å²) in [4.78, 5) is 10.5. The van der Waals surface area contributed by atoms with E-state index in [1.54, 1.807) is 24.3 Å². The van der Waals surface area contributed by atoms with Gasteiger partial charge >= 0.3 is 5.97 Å². The van der Waals surface area contributed by atoms with Crippen molar-refractivity contribution in [1.29, 1.82) is 0 Å². The monoisotopic (exact) mass is 336 g/mol. The molecule has 0 aliphatic carbocycles. The number of ether oxygens (including phenoxy) is 1. The Morgan fingerprint density at radius 3 is 2.75 bits per heavy atom. The first-order valence-electron chi connectivity index (χ1n) is 5.68. The van der Waals surface area contributed by atoms with Gasteiger partial charge in [0.05, 0.1) is 4.47 Å². The highest BCUT2D eigenvalue weighted by molar-refractivity contribution is 9.10. The lowest BCUT2D eigenvalue weighted by molar-refractivity contribution is -0.131. The van der Waals surface area contributed by atoms with Crippen LogP contribution in [0.3, 0.4) is 0 Å². The third-order valence-corrected chi connectivity index (χ3v) is 3.02. The Hall–Kier alpha value is -2.14. The number of benzene rings is 2. The minimum absolute atomic E-state index is 0.359. The van der Waals surface area contributed by atoms with Gasteiger partial charge in [-0.1, -0.05) is 12.1 Å². The Bertz CT molecular complexity index is 668. The highest BCUT2D eigenvalue weighted by Gasteiger charge is 2.04. The van der Waals surface area contributed by atoms with Gasteiger partial charge in [-0.15, -0.1) is 0 Å². The van der Waals surface area contributed by atoms with Crippen LogP contribution >= 0.6 is 15.9 Å². The number of carboxylic acid groups (broad SMARTS) is 1. The molecule has 2 aromatic rings. The summed E-state index contributed by atoms with van der Waals surface area (Å²) >= 11 is 3.22. The van der Waals surface area contributed by atoms with Gasteiger partial charge in [0, 0.05) is 6.08 Å². The van der Waals surface area contributed by atoms with Crippen LogP contribution < -0.4 is 4.74 Å². The molecule has 0 saturated heterocycles. The molecule has 2 aromatic carbocycles. The molecule has 0 atom stereocenters. The third-order valence-electron chi connectivity index (χ3n) is 2.40. The van der Waals surface area contributed by atoms with Crippen molar-refractivity contribution in [2.45, 2.75) is 0 Å². The molecule has 3 nitrogen and oxygen atoms in total. The molecule has 0 unspecified atom stereocenters. The molecule has 5 heteroatoms. The van der Waals surface area contributed by atoms with E-state index in [0.29, 0.717) is 21.5 Å². The number of carboxylic acids is 1. The van der Waals surface area contributed by atoms with Crippen LogP contribution in [-0.2, 0) is 4.79 Å². The van der Waals surface area contributed by atoms with Crippen LogP contribution in [0, 0.1) is 5.82 Å². The summed E-state index contributed by atoms with van der Waals surface area (Å²) in [5, 5.41) is 8.58. The van der Waals surface area contributed by atoms with Crippen LogP contribution in [0.2, 0.25) is 0 Å². The van der Waals surface area contributed by atoms with E-state index < -0.39 is 5.97 Å². The number of hydrogen-bond acceptors (Lipinski definition) is 2. The van der Waals surface area contributed by atoms with Crippen LogP contribution in [0.15, 0.2) is 53.0 Å². The highest BCUT2D eigenvalue weighted by Crippen LogP contribution is 2.30. The van der Waals surface area contributed by atoms with Gasteiger partial charge in [0.1, 0.15) is 17.3 Å². The molecule has 0 saturated carbocycles. The Kier molecular flexibility index (Phi) is 4.53. The lowest BCUT2D eigenvalue weighted by Crippen LogP contribution is -1.88. The summed E-state index contributed by atoms with van der Waals surface area (Å²) in [6.07, 6.45) is 2.52. The van der Waals surface area contributed by atoms with E-state index in [1.165, 1.54) is 24.3 Å². The fourth-order valence-electron chi connectivity index (χ4n) is 1.53. The first-order chi connectivity index (χ1) is 9.54. The zero-order valence-corrected chi connectivity index (χ0v) is 11.8. The van der Waals surface area contributed by atoms with E-state index in [0.717, 1.165) is 6.08 Å². The van der Waals surface area contributed by atoms with Gasteiger partial charge in [0.25, 0.3) is 0 Å². The van der Waals surface area contributed by atoms with E-state index in [1.807, 2.05) is 0 Å². The van der Waals surface area contributed by atoms with Gasteiger partial charge in [-0.05, 0) is 57.9 Å². The predicted octanol–water partition coefficient (Wildman–Crippen LogP) is 4.48. The molecule has 0 spiro atoms. The van der Waals surface area contributed by atoms with Crippen molar-refractivity contribution < 1.29 is 19.0 Å². The molecule has 0 aliphatic rings. The van der Waals surface area contributed by atoms with E-state index in [9.17, 15) is 9.18 Å². The average Bonchev–Trinajstić information content (AvgIpc) is 2.40. The zero-order chi connectivity index (χ0) is 14.5. The Balaban J connectivity index is 2.21. The lowest BCUT2D eigenvalue weighted by Gasteiger charge is -2.08. The van der Waals surface area contributed by atoms with Crippen molar-refractivity contribution in [3.63, 3.8) is 0 Å². The van der Waals surface area contributed by atoms with Gasteiger partial charge < -0.3 is 9.84 Å². The topological polar surface area (TPSA) is 46.5 Å². The number of aliphatic carboxylic acids is 1. The van der Waals surface area contributed by atoms with Crippen LogP contribution in [0.1, 0.15) is 5.56 Å². The van der Waals surface area contributed by atoms with Crippen molar-refractivity contribution in [3.8, 4) is 11.5 Å². The second-order valence-electron chi connectivity index (χ2n) is 3.92. The summed E-state index contributed by atoms with van der Waals surface area (Å²) in [6, 6.07) is 11.0. The Labute approximate surface area is 123 Å². The first kappa shape index (κ1) is 14.3. The van der Waals surface area contributed by atoms with Crippen molar-refractivity contribution >= 4 is 28.0 Å². The molecule has 0 aromatic heterocycles. The maximum atomic E-state index is 13.0. The molecular weight excluding hydrogens is 327 g/mol. The lowest BCUT2D eigenvalue weighted by atomic mass is 10.2. The minimum Gasteiger partial charge on any atom is -0.478 e. The SMILES string of the molecule is O=C(O)C=Cc1cccc(Oc2ccc(F)cc2Br)c1. The van der Waals surface area contributed by atoms with Crippen LogP contribution in [0.5, 0.6) is 11.5 Å². The maximum Gasteiger partial charge on any atom is 0.328 e. The van der Waals surface area contributed by atoms with E-state index in [2.05, 4.69) is 15.9 Å². The normalized spacial score (nSPS) is 10.7. The summed E-state index contributed by atoms with van der Waals surface area (Å²) < 4.78 is 19.1. The zero-order valence-electron chi connectivity index (χ0n) is 10.2. The number of carbonyl (C=O) groups is 1. The molecule has 0 bridgehead atoms. The molecule has 0 amide bonds. The second-order valence-corrected chi connectivity index (χ2v) is 4.78. The summed E-state index contributed by atoms with van der Waals surface area (Å²) in [7, 11) is 0. The maximum absolute atomic E-state index is 13.0. The predicted molar refractivity (Wildman–Crippen MR) is 77.3 cm³/mol. The van der Waals surface area contributed by atoms with E-state index >= 15 is 0 Å². The summed E-state index contributed by atoms with van der Waals surface area (Å²) in [6.45, 7) is 0. The van der Waals surface area contributed by atoms with Crippen molar-refractivity contribution in [2.24, 2.45) is 0 Å². The Morgan fingerprint density at radius 2 is 2.05 bits per heavy atom. The second kappa shape index (κ2) is 6.34. The standard InChI is InChI=1S/C15H10BrFO3/c16-13-9-11(17)5-6-14(13)20-12-3-1-2-10(8-12)4-7-15(18)19/h1-9H,(H,18,19). The summed E-state index contributed by atoms with van der Waals surface area (Å²) in [5.74, 6) is -0.365. The summed E-state index contributed by atoms with van der Waals surface area (Å²) in [5.41, 5.74) is 0.697. The largest absolute Gasteiger partial charge is 0.478 e. The van der Waals surface area contributed by atoms with E-state index in [-0.39, 0.29) is 5.82 Å². The molecule has 102 valence electrons. The quantitative estimate of drug-likeness (QED) is 0.837. The molecule has 0 fully saturated rings. The first-order valence-corrected chi connectivity index (χ1v) is 6.48. The van der Waals surface area contributed by atoms with Gasteiger partial charge in [-0.2, -0.15) is 0 Å². The van der Waals surface area contributed by atoms with Gasteiger partial charge in [0.15, 0.2) is 0 Å². The molecule has 20 heavy (non-hydrogen) atoms. The van der Waals surface area contributed by atoms with Gasteiger partial charge in [-0.25, -0.2) is 9.18 Å². The fraction of sp³-hybridized carbons (Fsp3) is 0. The number of halogens is 2. The molecular formula is C15H10BrFO3. The average molecular weight is 337 g/mol. The van der Waals surface area contributed by atoms with Crippen LogP contribution in [0.4, 0.5) is 4.39 Å². The Morgan fingerprint density at radius 1 is 1.25 bits per heavy atom. The molecule has 1 N–H and O–H groups in total. The number of rotatable bonds is 4. The third kappa shape index (κ3) is 3.93. The van der Waals surface area contributed by atoms with E-state index in [4.69, 9.17) is 9.84 Å². The molecule has 0 aliphatic heterocycles. The number of hydrogen-bond donors (Lipinski definition) is 1. The highest BCUT2D eigenvalue weighted by atomic mass is 79.9. The van der Waals surface area contributed by atoms with Crippen molar-refractivity contribution in [1.82, 2.24) is 0 Å². The van der Waals surface area contributed by atoms with Crippen molar-refractivity contribution in [3.05, 3.63) is 64.4 Å². The van der Waals surface area contributed by atoms with Crippen LogP contribution in [-0.4, -0.2) is 11.1 Å².